The Morgan fingerprint density at radius 3 is 2.50 bits per heavy atom. The van der Waals surface area contributed by atoms with E-state index in [1.165, 1.54) is 0 Å². The summed E-state index contributed by atoms with van der Waals surface area (Å²) in [5.74, 6) is 1.74. The number of benzene rings is 1. The second-order valence-electron chi connectivity index (χ2n) is 5.15. The number of ether oxygens (including phenoxy) is 2. The van der Waals surface area contributed by atoms with Crippen molar-refractivity contribution in [2.75, 3.05) is 18.5 Å². The third kappa shape index (κ3) is 4.71. The zero-order valence-electron chi connectivity index (χ0n) is 14.1. The highest BCUT2D eigenvalue weighted by Gasteiger charge is 2.14. The first kappa shape index (κ1) is 18.3. The highest BCUT2D eigenvalue weighted by Crippen LogP contribution is 2.34. The Morgan fingerprint density at radius 2 is 1.88 bits per heavy atom. The predicted molar refractivity (Wildman–Crippen MR) is 97.8 cm³/mol. The standard InChI is InChI=1S/C18H21BrN2O3/c1-4-23-15-9-13(14(19)11-16(15)24-5-2)10-17(22)21-18-12(3)7-6-8-20-18/h6-9,11H,4-5,10H2,1-3H3,(H,20,21,22). The van der Waals surface area contributed by atoms with E-state index in [0.29, 0.717) is 30.5 Å². The first-order valence-corrected chi connectivity index (χ1v) is 8.63. The van der Waals surface area contributed by atoms with E-state index in [-0.39, 0.29) is 12.3 Å². The molecule has 5 nitrogen and oxygen atoms in total. The summed E-state index contributed by atoms with van der Waals surface area (Å²) in [5.41, 5.74) is 1.75. The van der Waals surface area contributed by atoms with E-state index in [2.05, 4.69) is 26.2 Å². The van der Waals surface area contributed by atoms with Crippen molar-refractivity contribution in [3.63, 3.8) is 0 Å². The average Bonchev–Trinajstić information content (AvgIpc) is 2.54. The smallest absolute Gasteiger partial charge is 0.229 e. The van der Waals surface area contributed by atoms with Crippen molar-refractivity contribution in [2.24, 2.45) is 0 Å². The molecule has 0 spiro atoms. The van der Waals surface area contributed by atoms with Gasteiger partial charge in [-0.3, -0.25) is 4.79 Å². The van der Waals surface area contributed by atoms with Gasteiger partial charge in [-0.15, -0.1) is 0 Å². The molecule has 0 aliphatic heterocycles. The lowest BCUT2D eigenvalue weighted by molar-refractivity contribution is -0.115. The van der Waals surface area contributed by atoms with Crippen LogP contribution in [0.4, 0.5) is 5.82 Å². The molecule has 0 saturated carbocycles. The van der Waals surface area contributed by atoms with Crippen LogP contribution in [0.5, 0.6) is 11.5 Å². The quantitative estimate of drug-likeness (QED) is 0.769. The van der Waals surface area contributed by atoms with Crippen molar-refractivity contribution in [1.29, 1.82) is 0 Å². The van der Waals surface area contributed by atoms with Crippen molar-refractivity contribution in [3.8, 4) is 11.5 Å². The summed E-state index contributed by atoms with van der Waals surface area (Å²) >= 11 is 3.50. The molecule has 1 heterocycles. The Balaban J connectivity index is 2.17. The maximum Gasteiger partial charge on any atom is 0.229 e. The number of hydrogen-bond donors (Lipinski definition) is 1. The molecule has 24 heavy (non-hydrogen) atoms. The number of carbonyl (C=O) groups is 1. The lowest BCUT2D eigenvalue weighted by Crippen LogP contribution is -2.16. The molecule has 0 aliphatic carbocycles. The SMILES string of the molecule is CCOc1cc(Br)c(CC(=O)Nc2ncccc2C)cc1OCC. The van der Waals surface area contributed by atoms with E-state index in [9.17, 15) is 4.79 Å². The molecule has 0 radical (unpaired) electrons. The second kappa shape index (κ2) is 8.68. The minimum absolute atomic E-state index is 0.135. The molecule has 0 unspecified atom stereocenters. The molecule has 0 saturated heterocycles. The average molecular weight is 393 g/mol. The minimum Gasteiger partial charge on any atom is -0.490 e. The number of pyridine rings is 1. The van der Waals surface area contributed by atoms with Gasteiger partial charge in [0.2, 0.25) is 5.91 Å². The van der Waals surface area contributed by atoms with Crippen molar-refractivity contribution >= 4 is 27.7 Å². The summed E-state index contributed by atoms with van der Waals surface area (Å²) in [7, 11) is 0. The minimum atomic E-state index is -0.135. The Hall–Kier alpha value is -2.08. The van der Waals surface area contributed by atoms with E-state index in [1.54, 1.807) is 6.20 Å². The van der Waals surface area contributed by atoms with Gasteiger partial charge in [0.05, 0.1) is 19.6 Å². The summed E-state index contributed by atoms with van der Waals surface area (Å²) in [6, 6.07) is 7.41. The van der Waals surface area contributed by atoms with Crippen LogP contribution in [0.1, 0.15) is 25.0 Å². The second-order valence-corrected chi connectivity index (χ2v) is 6.00. The maximum absolute atomic E-state index is 12.3. The van der Waals surface area contributed by atoms with Crippen molar-refractivity contribution in [3.05, 3.63) is 46.1 Å². The summed E-state index contributed by atoms with van der Waals surface area (Å²) in [6.07, 6.45) is 1.87. The van der Waals surface area contributed by atoms with Crippen molar-refractivity contribution < 1.29 is 14.3 Å². The van der Waals surface area contributed by atoms with Crippen LogP contribution in [-0.4, -0.2) is 24.1 Å². The number of nitrogens with zero attached hydrogens (tertiary/aromatic N) is 1. The number of nitrogens with one attached hydrogen (secondary N) is 1. The Labute approximate surface area is 150 Å². The molecular formula is C18H21BrN2O3. The third-order valence-corrected chi connectivity index (χ3v) is 4.07. The fourth-order valence-electron chi connectivity index (χ4n) is 2.22. The van der Waals surface area contributed by atoms with Crippen LogP contribution in [0.2, 0.25) is 0 Å². The van der Waals surface area contributed by atoms with E-state index >= 15 is 0 Å². The van der Waals surface area contributed by atoms with Gasteiger partial charge in [0.15, 0.2) is 11.5 Å². The Bertz CT molecular complexity index is 719. The number of carbonyl (C=O) groups excluding carboxylic acids is 1. The molecular weight excluding hydrogens is 372 g/mol. The van der Waals surface area contributed by atoms with Crippen LogP contribution < -0.4 is 14.8 Å². The van der Waals surface area contributed by atoms with Gasteiger partial charge in [-0.1, -0.05) is 22.0 Å². The van der Waals surface area contributed by atoms with Crippen LogP contribution in [-0.2, 0) is 11.2 Å². The van der Waals surface area contributed by atoms with Crippen LogP contribution in [0.3, 0.4) is 0 Å². The van der Waals surface area contributed by atoms with E-state index in [1.807, 2.05) is 45.0 Å². The van der Waals surface area contributed by atoms with Crippen LogP contribution in [0, 0.1) is 6.92 Å². The Kier molecular flexibility index (Phi) is 6.61. The molecule has 128 valence electrons. The van der Waals surface area contributed by atoms with Crippen molar-refractivity contribution in [1.82, 2.24) is 4.98 Å². The fourth-order valence-corrected chi connectivity index (χ4v) is 2.68. The molecule has 0 fully saturated rings. The molecule has 0 atom stereocenters. The first-order valence-electron chi connectivity index (χ1n) is 7.84. The monoisotopic (exact) mass is 392 g/mol. The van der Waals surface area contributed by atoms with Gasteiger partial charge in [0.25, 0.3) is 0 Å². The summed E-state index contributed by atoms with van der Waals surface area (Å²) in [4.78, 5) is 16.5. The van der Waals surface area contributed by atoms with Gasteiger partial charge >= 0.3 is 0 Å². The largest absolute Gasteiger partial charge is 0.490 e. The van der Waals surface area contributed by atoms with Gasteiger partial charge in [-0.2, -0.15) is 0 Å². The summed E-state index contributed by atoms with van der Waals surface area (Å²) in [5, 5.41) is 2.83. The molecule has 1 N–H and O–H groups in total. The highest BCUT2D eigenvalue weighted by atomic mass is 79.9. The van der Waals surface area contributed by atoms with Crippen molar-refractivity contribution in [2.45, 2.75) is 27.2 Å². The fraction of sp³-hybridized carbons (Fsp3) is 0.333. The topological polar surface area (TPSA) is 60.5 Å². The molecule has 6 heteroatoms. The van der Waals surface area contributed by atoms with Gasteiger partial charge in [0.1, 0.15) is 5.82 Å². The number of aryl methyl sites for hydroxylation is 1. The van der Waals surface area contributed by atoms with Crippen LogP contribution >= 0.6 is 15.9 Å². The van der Waals surface area contributed by atoms with E-state index < -0.39 is 0 Å². The molecule has 2 rings (SSSR count). The molecule has 0 bridgehead atoms. The normalized spacial score (nSPS) is 10.3. The van der Waals surface area contributed by atoms with Gasteiger partial charge in [-0.25, -0.2) is 4.98 Å². The Morgan fingerprint density at radius 1 is 1.21 bits per heavy atom. The molecule has 0 aliphatic rings. The molecule has 1 aromatic carbocycles. The number of aromatic nitrogens is 1. The van der Waals surface area contributed by atoms with Gasteiger partial charge in [-0.05, 0) is 50.1 Å². The predicted octanol–water partition coefficient (Wildman–Crippen LogP) is 4.13. The van der Waals surface area contributed by atoms with Gasteiger partial charge in [0, 0.05) is 10.7 Å². The number of amides is 1. The molecule has 2 aromatic rings. The zero-order chi connectivity index (χ0) is 17.5. The number of rotatable bonds is 7. The lowest BCUT2D eigenvalue weighted by atomic mass is 10.1. The maximum atomic E-state index is 12.3. The van der Waals surface area contributed by atoms with Crippen LogP contribution in [0.25, 0.3) is 0 Å². The van der Waals surface area contributed by atoms with E-state index in [0.717, 1.165) is 15.6 Å². The number of hydrogen-bond acceptors (Lipinski definition) is 4. The summed E-state index contributed by atoms with van der Waals surface area (Å²) in [6.45, 7) is 6.81. The lowest BCUT2D eigenvalue weighted by Gasteiger charge is -2.14. The number of anilines is 1. The zero-order valence-corrected chi connectivity index (χ0v) is 15.6. The highest BCUT2D eigenvalue weighted by molar-refractivity contribution is 9.10. The molecule has 1 aromatic heterocycles. The van der Waals surface area contributed by atoms with E-state index in [4.69, 9.17) is 9.47 Å². The first-order chi connectivity index (χ1) is 11.5. The number of halogens is 1. The third-order valence-electron chi connectivity index (χ3n) is 3.33. The summed E-state index contributed by atoms with van der Waals surface area (Å²) < 4.78 is 12.0. The van der Waals surface area contributed by atoms with Gasteiger partial charge < -0.3 is 14.8 Å². The molecule has 1 amide bonds. The van der Waals surface area contributed by atoms with Crippen LogP contribution in [0.15, 0.2) is 34.9 Å².